The van der Waals surface area contributed by atoms with Gasteiger partial charge >= 0.3 is 5.97 Å². The largest absolute Gasteiger partial charge is 0.507 e. The molecule has 3 aliphatic carbocycles. The summed E-state index contributed by atoms with van der Waals surface area (Å²) in [6, 6.07) is 0. The summed E-state index contributed by atoms with van der Waals surface area (Å²) in [7, 11) is 1.32. The highest BCUT2D eigenvalue weighted by atomic mass is 16.6. The number of allylic oxidation sites excluding steroid dienone is 2. The van der Waals surface area contributed by atoms with Crippen LogP contribution >= 0.6 is 0 Å². The first-order valence-corrected chi connectivity index (χ1v) is 15.2. The van der Waals surface area contributed by atoms with Crippen molar-refractivity contribution in [2.24, 2.45) is 11.8 Å². The first kappa shape index (κ1) is 30.8. The molecule has 0 aromatic heterocycles. The summed E-state index contributed by atoms with van der Waals surface area (Å²) < 4.78 is 26.0. The van der Waals surface area contributed by atoms with E-state index in [1.807, 2.05) is 54.5 Å². The third kappa shape index (κ3) is 3.39. The molecule has 1 aromatic rings. The Hall–Kier alpha value is -3.21. The van der Waals surface area contributed by atoms with Crippen molar-refractivity contribution in [3.63, 3.8) is 0 Å². The lowest BCUT2D eigenvalue weighted by molar-refractivity contribution is -0.263. The average molecular weight is 611 g/mol. The molecular formula is C34H42O10. The predicted molar refractivity (Wildman–Crippen MR) is 158 cm³/mol. The van der Waals surface area contributed by atoms with Crippen LogP contribution in [0.4, 0.5) is 0 Å². The number of rotatable bonds is 6. The molecule has 7 rings (SSSR count). The van der Waals surface area contributed by atoms with E-state index < -0.39 is 63.3 Å². The number of carbonyl (C=O) groups is 3. The number of aliphatic hydroxyl groups excluding tert-OH is 1. The molecule has 3 N–H and O–H groups in total. The third-order valence-corrected chi connectivity index (χ3v) is 11.3. The fourth-order valence-electron chi connectivity index (χ4n) is 8.65. The van der Waals surface area contributed by atoms with E-state index in [4.69, 9.17) is 18.9 Å². The van der Waals surface area contributed by atoms with E-state index in [1.54, 1.807) is 0 Å². The normalized spacial score (nSPS) is 37.1. The smallest absolute Gasteiger partial charge is 0.330 e. The van der Waals surface area contributed by atoms with Gasteiger partial charge in [0, 0.05) is 41.6 Å². The van der Waals surface area contributed by atoms with Crippen molar-refractivity contribution in [3.8, 4) is 17.2 Å². The molecule has 7 atom stereocenters. The standard InChI is InChI=1S/C34H42O10/c1-15(2)10-11-18-23(35)20-24(36)21-27(37)32(41-9)14-19-31(7,8)44-33(29(32)40,13-12-16(3)28(38)39)34(19,21)43-26(20)22-25(18)42-17(4)30(22,5)6/h10,12,17,19,21,27,35,37H,11,13-14H2,1-9H3,(H,38,39)/b16-12-/t17-,19-,21-,27-,32-,33+,34+/m0/s1. The van der Waals surface area contributed by atoms with E-state index in [-0.39, 0.29) is 41.6 Å². The minimum absolute atomic E-state index is 0.00760. The molecule has 3 aliphatic heterocycles. The van der Waals surface area contributed by atoms with E-state index in [2.05, 4.69) is 0 Å². The Morgan fingerprint density at radius 1 is 1.09 bits per heavy atom. The number of Topliss-reactive ketones (excluding diaryl/α,β-unsaturated/α-hetero) is 2. The number of benzene rings is 1. The summed E-state index contributed by atoms with van der Waals surface area (Å²) in [4.78, 5) is 41.5. The molecule has 10 heteroatoms. The number of aromatic hydroxyl groups is 1. The third-order valence-electron chi connectivity index (χ3n) is 11.3. The maximum Gasteiger partial charge on any atom is 0.330 e. The van der Waals surface area contributed by atoms with Gasteiger partial charge in [-0.05, 0) is 54.4 Å². The van der Waals surface area contributed by atoms with Gasteiger partial charge in [-0.2, -0.15) is 0 Å². The van der Waals surface area contributed by atoms with Crippen molar-refractivity contribution in [1.29, 1.82) is 0 Å². The first-order chi connectivity index (χ1) is 20.4. The molecule has 1 aromatic carbocycles. The van der Waals surface area contributed by atoms with Gasteiger partial charge in [0.1, 0.15) is 35.0 Å². The number of phenolic OH excluding ortho intramolecular Hbond substituents is 1. The fraction of sp³-hybridized carbons (Fsp3) is 0.618. The maximum absolute atomic E-state index is 14.9. The van der Waals surface area contributed by atoms with Gasteiger partial charge in [-0.1, -0.05) is 31.6 Å². The molecule has 4 fully saturated rings. The Labute approximate surface area is 257 Å². The molecule has 6 aliphatic rings. The van der Waals surface area contributed by atoms with Gasteiger partial charge in [-0.25, -0.2) is 4.79 Å². The summed E-state index contributed by atoms with van der Waals surface area (Å²) in [6.07, 6.45) is 1.52. The van der Waals surface area contributed by atoms with Crippen molar-refractivity contribution >= 4 is 17.5 Å². The van der Waals surface area contributed by atoms with Crippen LogP contribution in [-0.4, -0.2) is 74.6 Å². The minimum atomic E-state index is -1.87. The number of fused-ring (bicyclic) bond motifs is 3. The Morgan fingerprint density at radius 2 is 1.75 bits per heavy atom. The quantitative estimate of drug-likeness (QED) is 0.316. The first-order valence-electron chi connectivity index (χ1n) is 15.2. The molecule has 1 saturated heterocycles. The van der Waals surface area contributed by atoms with Crippen molar-refractivity contribution < 1.29 is 48.7 Å². The highest BCUT2D eigenvalue weighted by Gasteiger charge is 2.89. The Morgan fingerprint density at radius 3 is 2.34 bits per heavy atom. The second-order valence-corrected chi connectivity index (χ2v) is 14.5. The van der Waals surface area contributed by atoms with E-state index in [1.165, 1.54) is 20.1 Å². The van der Waals surface area contributed by atoms with Crippen LogP contribution in [0, 0.1) is 11.8 Å². The summed E-state index contributed by atoms with van der Waals surface area (Å²) in [5, 5.41) is 33.4. The topological polar surface area (TPSA) is 149 Å². The van der Waals surface area contributed by atoms with Gasteiger partial charge < -0.3 is 34.3 Å². The highest BCUT2D eigenvalue weighted by molar-refractivity contribution is 6.11. The van der Waals surface area contributed by atoms with Crippen molar-refractivity contribution in [2.45, 2.75) is 115 Å². The zero-order chi connectivity index (χ0) is 32.5. The van der Waals surface area contributed by atoms with E-state index >= 15 is 0 Å². The van der Waals surface area contributed by atoms with Gasteiger partial charge in [0.2, 0.25) is 5.78 Å². The number of ether oxygens (including phenoxy) is 4. The molecule has 1 spiro atoms. The van der Waals surface area contributed by atoms with Gasteiger partial charge in [0.15, 0.2) is 22.6 Å². The molecule has 3 heterocycles. The molecule has 4 bridgehead atoms. The molecule has 0 amide bonds. The SMILES string of the molecule is CO[C@]12C[C@H]3C(C)(C)O[C@](C/C=C(/C)C(=O)O)(C1=O)[C@@]31Oc3c(c(O)c(CC=C(C)C)c4c3C(C)(C)[C@H](C)O4)C(=O)[C@H]1[C@@H]2O. The Kier molecular flexibility index (Phi) is 6.42. The number of ketones is 2. The molecule has 0 unspecified atom stereocenters. The molecule has 238 valence electrons. The Balaban J connectivity index is 1.70. The minimum Gasteiger partial charge on any atom is -0.507 e. The van der Waals surface area contributed by atoms with Gasteiger partial charge in [-0.15, -0.1) is 0 Å². The number of aliphatic carboxylic acids is 1. The lowest BCUT2D eigenvalue weighted by atomic mass is 9.44. The lowest BCUT2D eigenvalue weighted by Crippen LogP contribution is -2.86. The average Bonchev–Trinajstić information content (AvgIpc) is 3.24. The second kappa shape index (κ2) is 9.17. The fourth-order valence-corrected chi connectivity index (χ4v) is 8.65. The molecule has 10 nitrogen and oxygen atoms in total. The Bertz CT molecular complexity index is 1580. The van der Waals surface area contributed by atoms with Crippen molar-refractivity contribution in [2.75, 3.05) is 7.11 Å². The molecule has 0 radical (unpaired) electrons. The van der Waals surface area contributed by atoms with Crippen LogP contribution in [0.2, 0.25) is 0 Å². The number of aliphatic hydroxyl groups is 1. The zero-order valence-corrected chi connectivity index (χ0v) is 26.8. The number of hydrogen-bond acceptors (Lipinski definition) is 9. The number of carboxylic acids is 1. The van der Waals surface area contributed by atoms with Crippen LogP contribution in [-0.2, 0) is 30.9 Å². The lowest BCUT2D eigenvalue weighted by Gasteiger charge is -2.65. The summed E-state index contributed by atoms with van der Waals surface area (Å²) in [5.74, 6) is -4.02. The number of carbonyl (C=O) groups excluding carboxylic acids is 2. The number of hydrogen-bond donors (Lipinski definition) is 3. The summed E-state index contributed by atoms with van der Waals surface area (Å²) >= 11 is 0. The van der Waals surface area contributed by atoms with Crippen LogP contribution in [0.3, 0.4) is 0 Å². The molecule has 3 saturated carbocycles. The number of carboxylic acid groups (broad SMARTS) is 1. The predicted octanol–water partition coefficient (Wildman–Crippen LogP) is 4.21. The summed E-state index contributed by atoms with van der Waals surface area (Å²) in [5.41, 5.74) is -5.09. The van der Waals surface area contributed by atoms with Gasteiger partial charge in [-0.3, -0.25) is 9.59 Å². The molecule has 44 heavy (non-hydrogen) atoms. The highest BCUT2D eigenvalue weighted by Crippen LogP contribution is 2.72. The van der Waals surface area contributed by atoms with Crippen molar-refractivity contribution in [1.82, 2.24) is 0 Å². The molecular weight excluding hydrogens is 568 g/mol. The van der Waals surface area contributed by atoms with Gasteiger partial charge in [0.05, 0.1) is 11.5 Å². The summed E-state index contributed by atoms with van der Waals surface area (Å²) in [6.45, 7) is 14.8. The number of methoxy groups -OCH3 is 1. The zero-order valence-electron chi connectivity index (χ0n) is 26.8. The van der Waals surface area contributed by atoms with Crippen LogP contribution in [0.15, 0.2) is 23.3 Å². The monoisotopic (exact) mass is 610 g/mol. The van der Waals surface area contributed by atoms with Crippen LogP contribution in [0.5, 0.6) is 17.2 Å². The van der Waals surface area contributed by atoms with Gasteiger partial charge in [0.25, 0.3) is 0 Å². The van der Waals surface area contributed by atoms with Crippen LogP contribution < -0.4 is 9.47 Å². The van der Waals surface area contributed by atoms with Crippen LogP contribution in [0.1, 0.15) is 89.7 Å². The van der Waals surface area contributed by atoms with E-state index in [9.17, 15) is 29.7 Å². The van der Waals surface area contributed by atoms with Crippen molar-refractivity contribution in [3.05, 3.63) is 40.0 Å². The number of phenols is 1. The maximum atomic E-state index is 14.9. The van der Waals surface area contributed by atoms with E-state index in [0.29, 0.717) is 23.3 Å². The van der Waals surface area contributed by atoms with Crippen LogP contribution in [0.25, 0.3) is 0 Å². The second-order valence-electron chi connectivity index (χ2n) is 14.5. The van der Waals surface area contributed by atoms with E-state index in [0.717, 1.165) is 5.57 Å².